The Kier molecular flexibility index (Phi) is 5.29. The molecule has 1 aromatic carbocycles. The molecule has 19 heavy (non-hydrogen) atoms. The zero-order valence-corrected chi connectivity index (χ0v) is 11.6. The summed E-state index contributed by atoms with van der Waals surface area (Å²) in [5.74, 6) is -0.616. The average Bonchev–Trinajstić information content (AvgIpc) is 2.31. The third kappa shape index (κ3) is 3.89. The van der Waals surface area contributed by atoms with Crippen molar-refractivity contribution < 1.29 is 22.7 Å². The molecule has 0 aliphatic carbocycles. The Morgan fingerprint density at radius 3 is 2.53 bits per heavy atom. The van der Waals surface area contributed by atoms with Crippen LogP contribution < -0.4 is 0 Å². The zero-order chi connectivity index (χ0) is 14.6. The van der Waals surface area contributed by atoms with Gasteiger partial charge in [-0.3, -0.25) is 0 Å². The van der Waals surface area contributed by atoms with Crippen LogP contribution in [0.15, 0.2) is 17.0 Å². The summed E-state index contributed by atoms with van der Waals surface area (Å²) in [6.07, 6.45) is -2.89. The summed E-state index contributed by atoms with van der Waals surface area (Å²) in [7, 11) is 0. The third-order valence-electron chi connectivity index (χ3n) is 2.69. The van der Waals surface area contributed by atoms with Gasteiger partial charge in [0.25, 0.3) is 0 Å². The molecule has 0 N–H and O–H groups in total. The number of benzene rings is 1. The number of hydrogen-bond donors (Lipinski definition) is 1. The van der Waals surface area contributed by atoms with E-state index in [1.165, 1.54) is 6.92 Å². The normalized spacial score (nSPS) is 11.5. The van der Waals surface area contributed by atoms with Crippen LogP contribution in [-0.2, 0) is 10.9 Å². The maximum Gasteiger partial charge on any atom is 0.417 e. The standard InChI is InChI=1S/C13H15F3O2S/c1-3-4-7-18-12(17)9-5-6-10(13(14,15)16)11(19)8(9)2/h5-6,19H,3-4,7H2,1-2H3. The summed E-state index contributed by atoms with van der Waals surface area (Å²) >= 11 is 3.85. The van der Waals surface area contributed by atoms with Crippen molar-refractivity contribution in [1.29, 1.82) is 0 Å². The van der Waals surface area contributed by atoms with Gasteiger partial charge in [-0.2, -0.15) is 13.2 Å². The van der Waals surface area contributed by atoms with Crippen molar-refractivity contribution >= 4 is 18.6 Å². The smallest absolute Gasteiger partial charge is 0.417 e. The maximum absolute atomic E-state index is 12.6. The molecule has 0 heterocycles. The Labute approximate surface area is 115 Å². The van der Waals surface area contributed by atoms with Crippen molar-refractivity contribution in [3.05, 3.63) is 28.8 Å². The SMILES string of the molecule is CCCCOC(=O)c1ccc(C(F)(F)F)c(S)c1C. The van der Waals surface area contributed by atoms with E-state index < -0.39 is 17.7 Å². The highest BCUT2D eigenvalue weighted by molar-refractivity contribution is 7.80. The van der Waals surface area contributed by atoms with Gasteiger partial charge >= 0.3 is 12.1 Å². The van der Waals surface area contributed by atoms with Crippen LogP contribution in [0.2, 0.25) is 0 Å². The second kappa shape index (κ2) is 6.32. The summed E-state index contributed by atoms with van der Waals surface area (Å²) in [5.41, 5.74) is -0.549. The molecule has 0 radical (unpaired) electrons. The van der Waals surface area contributed by atoms with Gasteiger partial charge in [0.2, 0.25) is 0 Å². The Hall–Kier alpha value is -1.17. The van der Waals surface area contributed by atoms with E-state index >= 15 is 0 Å². The number of thiol groups is 1. The van der Waals surface area contributed by atoms with Gasteiger partial charge in [0, 0.05) is 4.90 Å². The third-order valence-corrected chi connectivity index (χ3v) is 3.26. The van der Waals surface area contributed by atoms with Gasteiger partial charge in [0.05, 0.1) is 17.7 Å². The highest BCUT2D eigenvalue weighted by Crippen LogP contribution is 2.36. The topological polar surface area (TPSA) is 26.3 Å². The largest absolute Gasteiger partial charge is 0.462 e. The molecular formula is C13H15F3O2S. The molecule has 0 amide bonds. The first-order chi connectivity index (χ1) is 8.79. The average molecular weight is 292 g/mol. The molecule has 0 atom stereocenters. The summed E-state index contributed by atoms with van der Waals surface area (Å²) in [6.45, 7) is 3.63. The fourth-order valence-electron chi connectivity index (χ4n) is 1.54. The van der Waals surface area contributed by atoms with E-state index in [0.717, 1.165) is 25.0 Å². The Bertz CT molecular complexity index is 470. The summed E-state index contributed by atoms with van der Waals surface area (Å²) < 4.78 is 42.9. The highest BCUT2D eigenvalue weighted by atomic mass is 32.1. The quantitative estimate of drug-likeness (QED) is 0.510. The molecule has 1 aromatic rings. The minimum absolute atomic E-state index is 0.120. The molecule has 0 saturated heterocycles. The number of rotatable bonds is 4. The van der Waals surface area contributed by atoms with E-state index in [1.807, 2.05) is 6.92 Å². The highest BCUT2D eigenvalue weighted by Gasteiger charge is 2.34. The number of unbranched alkanes of at least 4 members (excludes halogenated alkanes) is 1. The number of alkyl halides is 3. The second-order valence-corrected chi connectivity index (χ2v) is 4.57. The first kappa shape index (κ1) is 15.9. The van der Waals surface area contributed by atoms with Gasteiger partial charge in [-0.25, -0.2) is 4.79 Å². The first-order valence-corrected chi connectivity index (χ1v) is 6.30. The van der Waals surface area contributed by atoms with Crippen LogP contribution in [0.4, 0.5) is 13.2 Å². The minimum Gasteiger partial charge on any atom is -0.462 e. The second-order valence-electron chi connectivity index (χ2n) is 4.12. The number of carbonyl (C=O) groups excluding carboxylic acids is 1. The van der Waals surface area contributed by atoms with Gasteiger partial charge in [0.1, 0.15) is 0 Å². The number of esters is 1. The predicted octanol–water partition coefficient (Wildman–Crippen LogP) is 4.26. The molecule has 0 aromatic heterocycles. The van der Waals surface area contributed by atoms with E-state index in [4.69, 9.17) is 4.74 Å². The molecule has 2 nitrogen and oxygen atoms in total. The molecule has 0 aliphatic rings. The first-order valence-electron chi connectivity index (χ1n) is 5.86. The molecule has 0 saturated carbocycles. The maximum atomic E-state index is 12.6. The molecule has 0 spiro atoms. The molecule has 0 unspecified atom stereocenters. The monoisotopic (exact) mass is 292 g/mol. The van der Waals surface area contributed by atoms with Crippen LogP contribution in [0.25, 0.3) is 0 Å². The van der Waals surface area contributed by atoms with E-state index in [1.54, 1.807) is 0 Å². The lowest BCUT2D eigenvalue weighted by atomic mass is 10.0. The van der Waals surface area contributed by atoms with Crippen molar-refractivity contribution in [3.8, 4) is 0 Å². The van der Waals surface area contributed by atoms with Crippen molar-refractivity contribution in [2.45, 2.75) is 37.8 Å². The van der Waals surface area contributed by atoms with E-state index in [2.05, 4.69) is 12.6 Å². The zero-order valence-electron chi connectivity index (χ0n) is 10.7. The molecule has 0 aliphatic heterocycles. The number of hydrogen-bond acceptors (Lipinski definition) is 3. The predicted molar refractivity (Wildman–Crippen MR) is 68.6 cm³/mol. The molecular weight excluding hydrogens is 277 g/mol. The van der Waals surface area contributed by atoms with Crippen LogP contribution in [0.1, 0.15) is 41.3 Å². The Morgan fingerprint density at radius 1 is 1.37 bits per heavy atom. The van der Waals surface area contributed by atoms with Crippen molar-refractivity contribution in [1.82, 2.24) is 0 Å². The fourth-order valence-corrected chi connectivity index (χ4v) is 1.86. The van der Waals surface area contributed by atoms with Gasteiger partial charge < -0.3 is 4.74 Å². The molecule has 0 fully saturated rings. The van der Waals surface area contributed by atoms with Crippen LogP contribution in [0.3, 0.4) is 0 Å². The van der Waals surface area contributed by atoms with E-state index in [9.17, 15) is 18.0 Å². The molecule has 1 rings (SSSR count). The van der Waals surface area contributed by atoms with Gasteiger partial charge in [0.15, 0.2) is 0 Å². The van der Waals surface area contributed by atoms with Crippen LogP contribution in [-0.4, -0.2) is 12.6 Å². The van der Waals surface area contributed by atoms with Crippen molar-refractivity contribution in [2.75, 3.05) is 6.61 Å². The number of ether oxygens (including phenoxy) is 1. The summed E-state index contributed by atoms with van der Waals surface area (Å²) in [5, 5.41) is 0. The van der Waals surface area contributed by atoms with Gasteiger partial charge in [-0.15, -0.1) is 12.6 Å². The number of halogens is 3. The lowest BCUT2D eigenvalue weighted by molar-refractivity contribution is -0.139. The Morgan fingerprint density at radius 2 is 2.00 bits per heavy atom. The summed E-state index contributed by atoms with van der Waals surface area (Å²) in [4.78, 5) is 11.5. The lowest BCUT2D eigenvalue weighted by Gasteiger charge is -2.14. The minimum atomic E-state index is -4.48. The van der Waals surface area contributed by atoms with Crippen LogP contribution in [0.5, 0.6) is 0 Å². The number of carbonyl (C=O) groups is 1. The van der Waals surface area contributed by atoms with Crippen LogP contribution in [0, 0.1) is 6.92 Å². The van der Waals surface area contributed by atoms with Crippen molar-refractivity contribution in [3.63, 3.8) is 0 Å². The molecule has 0 bridgehead atoms. The summed E-state index contributed by atoms with van der Waals surface area (Å²) in [6, 6.07) is 1.98. The Balaban J connectivity index is 3.00. The van der Waals surface area contributed by atoms with E-state index in [-0.39, 0.29) is 22.6 Å². The van der Waals surface area contributed by atoms with Gasteiger partial charge in [-0.1, -0.05) is 13.3 Å². The molecule has 6 heteroatoms. The lowest BCUT2D eigenvalue weighted by Crippen LogP contribution is -2.12. The van der Waals surface area contributed by atoms with Crippen LogP contribution >= 0.6 is 12.6 Å². The molecule has 106 valence electrons. The van der Waals surface area contributed by atoms with E-state index in [0.29, 0.717) is 0 Å². The fraction of sp³-hybridized carbons (Fsp3) is 0.462. The van der Waals surface area contributed by atoms with Crippen molar-refractivity contribution in [2.24, 2.45) is 0 Å². The van der Waals surface area contributed by atoms with Gasteiger partial charge in [-0.05, 0) is 31.0 Å².